The highest BCUT2D eigenvalue weighted by Gasteiger charge is 2.41. The van der Waals surface area contributed by atoms with E-state index in [1.165, 1.54) is 0 Å². The molecule has 0 atom stereocenters. The first-order chi connectivity index (χ1) is 6.27. The molecule has 2 rings (SSSR count). The van der Waals surface area contributed by atoms with Gasteiger partial charge in [-0.25, -0.2) is 0 Å². The molecule has 1 aliphatic heterocycles. The summed E-state index contributed by atoms with van der Waals surface area (Å²) in [7, 11) is 0. The van der Waals surface area contributed by atoms with Crippen LogP contribution in [-0.2, 0) is 20.1 Å². The Morgan fingerprint density at radius 3 is 2.31 bits per heavy atom. The summed E-state index contributed by atoms with van der Waals surface area (Å²) in [6.45, 7) is 0.154. The first-order valence-electron chi connectivity index (χ1n) is 3.77. The second kappa shape index (κ2) is 3.10. The Labute approximate surface area is 80.2 Å². The summed E-state index contributed by atoms with van der Waals surface area (Å²) in [6, 6.07) is 6.78. The van der Waals surface area contributed by atoms with Crippen molar-refractivity contribution in [3.8, 4) is 0 Å². The van der Waals surface area contributed by atoms with Gasteiger partial charge in [-0.15, -0.1) is 0 Å². The predicted octanol–water partition coefficient (Wildman–Crippen LogP) is 1.70. The van der Waals surface area contributed by atoms with Crippen LogP contribution in [0.25, 0.3) is 0 Å². The van der Waals surface area contributed by atoms with Crippen LogP contribution < -0.4 is 0 Å². The van der Waals surface area contributed by atoms with Crippen molar-refractivity contribution in [1.82, 2.24) is 0 Å². The molecule has 1 fully saturated rings. The number of hydrogen-bond donors (Lipinski definition) is 0. The second-order valence-electron chi connectivity index (χ2n) is 2.70. The van der Waals surface area contributed by atoms with E-state index in [9.17, 15) is 4.79 Å². The molecule has 1 aliphatic rings. The van der Waals surface area contributed by atoms with Crippen LogP contribution in [0.5, 0.6) is 0 Å². The second-order valence-corrected chi connectivity index (χ2v) is 3.14. The molecule has 0 saturated carbocycles. The van der Waals surface area contributed by atoms with Gasteiger partial charge in [-0.3, -0.25) is 4.79 Å². The van der Waals surface area contributed by atoms with E-state index in [0.29, 0.717) is 16.9 Å². The molecule has 0 radical (unpaired) electrons. The molecule has 3 nitrogen and oxygen atoms in total. The maximum atomic E-state index is 10.7. The number of ether oxygens (including phenoxy) is 2. The minimum absolute atomic E-state index is 0.154. The molecule has 1 aromatic rings. The van der Waals surface area contributed by atoms with E-state index in [2.05, 4.69) is 0 Å². The molecule has 13 heavy (non-hydrogen) atoms. The first-order valence-corrected chi connectivity index (χ1v) is 4.15. The van der Waals surface area contributed by atoms with Crippen LogP contribution in [0.2, 0.25) is 5.02 Å². The first kappa shape index (κ1) is 8.69. The van der Waals surface area contributed by atoms with E-state index in [0.717, 1.165) is 0 Å². The molecule has 0 N–H and O–H groups in total. The van der Waals surface area contributed by atoms with Crippen LogP contribution >= 0.6 is 11.6 Å². The fourth-order valence-corrected chi connectivity index (χ4v) is 1.30. The zero-order valence-electron chi connectivity index (χ0n) is 6.70. The number of rotatable bonds is 2. The zero-order chi connectivity index (χ0) is 9.31. The van der Waals surface area contributed by atoms with Crippen molar-refractivity contribution in [2.75, 3.05) is 6.79 Å². The van der Waals surface area contributed by atoms with Gasteiger partial charge in [0.15, 0.2) is 13.1 Å². The van der Waals surface area contributed by atoms with Gasteiger partial charge in [-0.1, -0.05) is 23.7 Å². The third-order valence-corrected chi connectivity index (χ3v) is 2.20. The van der Waals surface area contributed by atoms with Gasteiger partial charge >= 0.3 is 0 Å². The maximum Gasteiger partial charge on any atom is 0.257 e. The summed E-state index contributed by atoms with van der Waals surface area (Å²) in [4.78, 5) is 10.7. The van der Waals surface area contributed by atoms with Gasteiger partial charge in [0.25, 0.3) is 5.79 Å². The number of carbonyl (C=O) groups excluding carboxylic acids is 1. The number of aldehydes is 1. The van der Waals surface area contributed by atoms with Crippen molar-refractivity contribution in [2.24, 2.45) is 0 Å². The smallest absolute Gasteiger partial charge is 0.257 e. The molecule has 4 heteroatoms. The van der Waals surface area contributed by atoms with Gasteiger partial charge in [-0.2, -0.15) is 0 Å². The minimum Gasteiger partial charge on any atom is -0.313 e. The number of benzene rings is 1. The Hall–Kier alpha value is -0.900. The Morgan fingerprint density at radius 2 is 1.92 bits per heavy atom. The standard InChI is InChI=1S/C9H7ClO3/c10-8-3-1-7(2-4-8)9(5-11)12-6-13-9/h1-5H,6H2. The van der Waals surface area contributed by atoms with E-state index in [1.807, 2.05) is 0 Å². The number of hydrogen-bond acceptors (Lipinski definition) is 3. The highest BCUT2D eigenvalue weighted by molar-refractivity contribution is 6.30. The molecule has 0 aromatic heterocycles. The van der Waals surface area contributed by atoms with Gasteiger partial charge in [0.05, 0.1) is 0 Å². The highest BCUT2D eigenvalue weighted by atomic mass is 35.5. The minimum atomic E-state index is -1.19. The summed E-state index contributed by atoms with van der Waals surface area (Å²) in [5.41, 5.74) is 0.665. The lowest BCUT2D eigenvalue weighted by Gasteiger charge is -2.36. The molecule has 68 valence electrons. The van der Waals surface area contributed by atoms with Crippen molar-refractivity contribution >= 4 is 17.9 Å². The topological polar surface area (TPSA) is 35.5 Å². The van der Waals surface area contributed by atoms with E-state index in [4.69, 9.17) is 21.1 Å². The van der Waals surface area contributed by atoms with Crippen molar-refractivity contribution in [3.63, 3.8) is 0 Å². The normalized spacial score (nSPS) is 19.2. The van der Waals surface area contributed by atoms with E-state index >= 15 is 0 Å². The summed E-state index contributed by atoms with van der Waals surface area (Å²) in [5, 5.41) is 0.615. The lowest BCUT2D eigenvalue weighted by atomic mass is 10.1. The lowest BCUT2D eigenvalue weighted by molar-refractivity contribution is -0.378. The molecule has 0 spiro atoms. The Morgan fingerprint density at radius 1 is 1.31 bits per heavy atom. The van der Waals surface area contributed by atoms with E-state index < -0.39 is 5.79 Å². The maximum absolute atomic E-state index is 10.7. The molecular weight excluding hydrogens is 192 g/mol. The van der Waals surface area contributed by atoms with Crippen LogP contribution in [0.1, 0.15) is 5.56 Å². The summed E-state index contributed by atoms with van der Waals surface area (Å²) >= 11 is 5.70. The Bertz CT molecular complexity index is 316. The van der Waals surface area contributed by atoms with Crippen molar-refractivity contribution in [2.45, 2.75) is 5.79 Å². The SMILES string of the molecule is O=CC1(c2ccc(Cl)cc2)OCO1. The van der Waals surface area contributed by atoms with Gasteiger partial charge in [-0.05, 0) is 12.1 Å². The van der Waals surface area contributed by atoms with E-state index in [1.54, 1.807) is 24.3 Å². The van der Waals surface area contributed by atoms with Gasteiger partial charge in [0, 0.05) is 10.6 Å². The lowest BCUT2D eigenvalue weighted by Crippen LogP contribution is -2.45. The quantitative estimate of drug-likeness (QED) is 0.679. The Balaban J connectivity index is 2.33. The molecular formula is C9H7ClO3. The average Bonchev–Trinajstić information content (AvgIpc) is 2.07. The molecule has 1 heterocycles. The number of halogens is 1. The average molecular weight is 199 g/mol. The highest BCUT2D eigenvalue weighted by Crippen LogP contribution is 2.32. The summed E-state index contributed by atoms with van der Waals surface area (Å²) in [6.07, 6.45) is 0.639. The largest absolute Gasteiger partial charge is 0.313 e. The van der Waals surface area contributed by atoms with E-state index in [-0.39, 0.29) is 6.79 Å². The molecule has 0 unspecified atom stereocenters. The molecule has 1 saturated heterocycles. The van der Waals surface area contributed by atoms with Crippen molar-refractivity contribution in [3.05, 3.63) is 34.9 Å². The third kappa shape index (κ3) is 1.35. The molecule has 0 aliphatic carbocycles. The van der Waals surface area contributed by atoms with Gasteiger partial charge in [0.2, 0.25) is 0 Å². The Kier molecular flexibility index (Phi) is 2.07. The molecule has 0 amide bonds. The van der Waals surface area contributed by atoms with Crippen LogP contribution in [0, 0.1) is 0 Å². The monoisotopic (exact) mass is 198 g/mol. The van der Waals surface area contributed by atoms with Crippen molar-refractivity contribution in [1.29, 1.82) is 0 Å². The van der Waals surface area contributed by atoms with Gasteiger partial charge in [0.1, 0.15) is 0 Å². The van der Waals surface area contributed by atoms with Crippen LogP contribution in [0.15, 0.2) is 24.3 Å². The summed E-state index contributed by atoms with van der Waals surface area (Å²) < 4.78 is 10.1. The van der Waals surface area contributed by atoms with Crippen LogP contribution in [0.4, 0.5) is 0 Å². The molecule has 0 bridgehead atoms. The van der Waals surface area contributed by atoms with Crippen LogP contribution in [0.3, 0.4) is 0 Å². The van der Waals surface area contributed by atoms with Crippen LogP contribution in [-0.4, -0.2) is 13.1 Å². The van der Waals surface area contributed by atoms with Crippen molar-refractivity contribution < 1.29 is 14.3 Å². The predicted molar refractivity (Wildman–Crippen MR) is 46.2 cm³/mol. The molecule has 1 aromatic carbocycles. The van der Waals surface area contributed by atoms with Gasteiger partial charge < -0.3 is 9.47 Å². The third-order valence-electron chi connectivity index (χ3n) is 1.95. The zero-order valence-corrected chi connectivity index (χ0v) is 7.45. The number of carbonyl (C=O) groups is 1. The summed E-state index contributed by atoms with van der Waals surface area (Å²) in [5.74, 6) is -1.19. The fourth-order valence-electron chi connectivity index (χ4n) is 1.17. The fraction of sp³-hybridized carbons (Fsp3) is 0.222.